The molecular weight excluding hydrogens is 166 g/mol. The predicted molar refractivity (Wildman–Crippen MR) is 51.4 cm³/mol. The molecule has 0 spiro atoms. The number of para-hydroxylation sites is 1. The zero-order chi connectivity index (χ0) is 9.84. The van der Waals surface area contributed by atoms with E-state index in [9.17, 15) is 4.79 Å². The van der Waals surface area contributed by atoms with Crippen molar-refractivity contribution in [2.45, 2.75) is 13.3 Å². The molecule has 0 radical (unpaired) electrons. The van der Waals surface area contributed by atoms with Crippen LogP contribution in [0.4, 0.5) is 5.69 Å². The second kappa shape index (κ2) is 3.94. The predicted octanol–water partition coefficient (Wildman–Crippen LogP) is 1.53. The number of rotatable bonds is 3. The highest BCUT2D eigenvalue weighted by Crippen LogP contribution is 2.15. The van der Waals surface area contributed by atoms with E-state index in [2.05, 4.69) is 0 Å². The van der Waals surface area contributed by atoms with E-state index in [1.54, 1.807) is 13.0 Å². The summed E-state index contributed by atoms with van der Waals surface area (Å²) < 4.78 is 0. The van der Waals surface area contributed by atoms with Crippen LogP contribution in [0.1, 0.15) is 12.5 Å². The fraction of sp³-hybridized carbons (Fsp3) is 0.300. The summed E-state index contributed by atoms with van der Waals surface area (Å²) in [6.07, 6.45) is 0.488. The molecule has 3 heteroatoms. The van der Waals surface area contributed by atoms with E-state index < -0.39 is 5.97 Å². The highest BCUT2D eigenvalue weighted by Gasteiger charge is 2.12. The fourth-order valence-electron chi connectivity index (χ4n) is 1.14. The number of benzene rings is 1. The molecule has 0 heterocycles. The van der Waals surface area contributed by atoms with Gasteiger partial charge in [0.25, 0.3) is 0 Å². The molecule has 0 aliphatic heterocycles. The lowest BCUT2D eigenvalue weighted by Crippen LogP contribution is -2.13. The van der Waals surface area contributed by atoms with E-state index in [1.165, 1.54) is 0 Å². The first-order valence-electron chi connectivity index (χ1n) is 4.17. The molecule has 3 N–H and O–H groups in total. The number of aliphatic carboxylic acids is 1. The molecule has 0 fully saturated rings. The van der Waals surface area contributed by atoms with Crippen molar-refractivity contribution in [3.05, 3.63) is 29.8 Å². The molecule has 0 bridgehead atoms. The molecule has 0 saturated heterocycles. The molecule has 1 unspecified atom stereocenters. The van der Waals surface area contributed by atoms with Crippen molar-refractivity contribution in [2.75, 3.05) is 5.73 Å². The average Bonchev–Trinajstić information content (AvgIpc) is 2.08. The summed E-state index contributed by atoms with van der Waals surface area (Å²) >= 11 is 0. The maximum absolute atomic E-state index is 10.6. The maximum atomic E-state index is 10.6. The molecule has 0 aliphatic rings. The number of hydrogen-bond acceptors (Lipinski definition) is 2. The molecule has 3 nitrogen and oxygen atoms in total. The van der Waals surface area contributed by atoms with Gasteiger partial charge in [-0.05, 0) is 18.1 Å². The van der Waals surface area contributed by atoms with Crippen molar-refractivity contribution in [1.82, 2.24) is 0 Å². The van der Waals surface area contributed by atoms with E-state index in [4.69, 9.17) is 10.8 Å². The van der Waals surface area contributed by atoms with Gasteiger partial charge in [0, 0.05) is 5.69 Å². The van der Waals surface area contributed by atoms with Gasteiger partial charge in [-0.1, -0.05) is 25.1 Å². The Morgan fingerprint density at radius 3 is 2.69 bits per heavy atom. The van der Waals surface area contributed by atoms with Gasteiger partial charge >= 0.3 is 5.97 Å². The third-order valence-corrected chi connectivity index (χ3v) is 2.00. The molecule has 1 rings (SSSR count). The summed E-state index contributed by atoms with van der Waals surface area (Å²) in [5, 5.41) is 8.69. The average molecular weight is 179 g/mol. The van der Waals surface area contributed by atoms with E-state index >= 15 is 0 Å². The minimum atomic E-state index is -0.789. The van der Waals surface area contributed by atoms with Gasteiger partial charge in [-0.25, -0.2) is 0 Å². The van der Waals surface area contributed by atoms with Crippen LogP contribution in [-0.4, -0.2) is 11.1 Å². The minimum Gasteiger partial charge on any atom is -0.481 e. The lowest BCUT2D eigenvalue weighted by Gasteiger charge is -2.08. The summed E-state index contributed by atoms with van der Waals surface area (Å²) in [4.78, 5) is 10.6. The largest absolute Gasteiger partial charge is 0.481 e. The number of nitrogen functional groups attached to an aromatic ring is 1. The Balaban J connectivity index is 2.74. The smallest absolute Gasteiger partial charge is 0.306 e. The summed E-state index contributed by atoms with van der Waals surface area (Å²) in [6.45, 7) is 1.68. The lowest BCUT2D eigenvalue weighted by atomic mass is 10.0. The van der Waals surface area contributed by atoms with Gasteiger partial charge < -0.3 is 10.8 Å². The Hall–Kier alpha value is -1.51. The van der Waals surface area contributed by atoms with Crippen molar-refractivity contribution in [3.63, 3.8) is 0 Å². The van der Waals surface area contributed by atoms with Gasteiger partial charge in [0.15, 0.2) is 0 Å². The van der Waals surface area contributed by atoms with Crippen LogP contribution in [-0.2, 0) is 11.2 Å². The topological polar surface area (TPSA) is 63.3 Å². The molecular formula is C10H13NO2. The van der Waals surface area contributed by atoms with Gasteiger partial charge in [-0.3, -0.25) is 4.79 Å². The van der Waals surface area contributed by atoms with Crippen molar-refractivity contribution in [2.24, 2.45) is 5.92 Å². The van der Waals surface area contributed by atoms with Crippen molar-refractivity contribution < 1.29 is 9.90 Å². The van der Waals surface area contributed by atoms with E-state index in [0.29, 0.717) is 12.1 Å². The van der Waals surface area contributed by atoms with Crippen LogP contribution in [0.2, 0.25) is 0 Å². The van der Waals surface area contributed by atoms with Crippen molar-refractivity contribution in [1.29, 1.82) is 0 Å². The summed E-state index contributed by atoms with van der Waals surface area (Å²) in [7, 11) is 0. The number of nitrogens with two attached hydrogens (primary N) is 1. The van der Waals surface area contributed by atoms with Gasteiger partial charge in [-0.2, -0.15) is 0 Å². The zero-order valence-corrected chi connectivity index (χ0v) is 7.53. The van der Waals surface area contributed by atoms with Crippen LogP contribution in [0.25, 0.3) is 0 Å². The molecule has 0 amide bonds. The Kier molecular flexibility index (Phi) is 2.90. The molecule has 1 aromatic rings. The van der Waals surface area contributed by atoms with Gasteiger partial charge in [-0.15, -0.1) is 0 Å². The highest BCUT2D eigenvalue weighted by atomic mass is 16.4. The number of carboxylic acid groups (broad SMARTS) is 1. The minimum absolute atomic E-state index is 0.385. The maximum Gasteiger partial charge on any atom is 0.306 e. The number of hydrogen-bond donors (Lipinski definition) is 2. The third-order valence-electron chi connectivity index (χ3n) is 2.00. The first-order valence-corrected chi connectivity index (χ1v) is 4.17. The zero-order valence-electron chi connectivity index (χ0n) is 7.53. The Morgan fingerprint density at radius 1 is 1.54 bits per heavy atom. The first-order chi connectivity index (χ1) is 6.11. The van der Waals surface area contributed by atoms with Crippen LogP contribution >= 0.6 is 0 Å². The number of carbonyl (C=O) groups is 1. The molecule has 70 valence electrons. The van der Waals surface area contributed by atoms with Crippen LogP contribution < -0.4 is 5.73 Å². The van der Waals surface area contributed by atoms with E-state index in [0.717, 1.165) is 5.56 Å². The highest BCUT2D eigenvalue weighted by molar-refractivity contribution is 5.70. The molecule has 0 aliphatic carbocycles. The molecule has 0 aromatic heterocycles. The number of anilines is 1. The second-order valence-corrected chi connectivity index (χ2v) is 3.14. The fourth-order valence-corrected chi connectivity index (χ4v) is 1.14. The molecule has 13 heavy (non-hydrogen) atoms. The Bertz CT molecular complexity index is 310. The Labute approximate surface area is 77.2 Å². The SMILES string of the molecule is CC(Cc1ccccc1N)C(=O)O. The van der Waals surface area contributed by atoms with Crippen LogP contribution in [0.5, 0.6) is 0 Å². The second-order valence-electron chi connectivity index (χ2n) is 3.14. The van der Waals surface area contributed by atoms with Crippen LogP contribution in [0.3, 0.4) is 0 Å². The Morgan fingerprint density at radius 2 is 2.15 bits per heavy atom. The quantitative estimate of drug-likeness (QED) is 0.691. The van der Waals surface area contributed by atoms with Crippen molar-refractivity contribution >= 4 is 11.7 Å². The van der Waals surface area contributed by atoms with Crippen LogP contribution in [0, 0.1) is 5.92 Å². The van der Waals surface area contributed by atoms with Gasteiger partial charge in [0.1, 0.15) is 0 Å². The summed E-state index contributed by atoms with van der Waals surface area (Å²) in [5.41, 5.74) is 7.24. The number of carboxylic acids is 1. The normalized spacial score (nSPS) is 12.4. The summed E-state index contributed by atoms with van der Waals surface area (Å²) in [5.74, 6) is -1.17. The first kappa shape index (κ1) is 9.58. The van der Waals surface area contributed by atoms with Crippen molar-refractivity contribution in [3.8, 4) is 0 Å². The van der Waals surface area contributed by atoms with E-state index in [1.807, 2.05) is 18.2 Å². The summed E-state index contributed by atoms with van der Waals surface area (Å²) in [6, 6.07) is 7.34. The molecule has 0 saturated carbocycles. The third kappa shape index (κ3) is 2.47. The standard InChI is InChI=1S/C10H13NO2/c1-7(10(12)13)6-8-4-2-3-5-9(8)11/h2-5,7H,6,11H2,1H3,(H,12,13). The van der Waals surface area contributed by atoms with Gasteiger partial charge in [0.2, 0.25) is 0 Å². The van der Waals surface area contributed by atoms with Gasteiger partial charge in [0.05, 0.1) is 5.92 Å². The molecule has 1 aromatic carbocycles. The van der Waals surface area contributed by atoms with E-state index in [-0.39, 0.29) is 5.92 Å². The monoisotopic (exact) mass is 179 g/mol. The molecule has 1 atom stereocenters. The van der Waals surface area contributed by atoms with Crippen LogP contribution in [0.15, 0.2) is 24.3 Å². The lowest BCUT2D eigenvalue weighted by molar-refractivity contribution is -0.141.